The number of aromatic nitrogens is 1. The number of oxazole rings is 1. The summed E-state index contributed by atoms with van der Waals surface area (Å²) in [6.07, 6.45) is 3.58. The second-order valence-electron chi connectivity index (χ2n) is 4.13. The number of hydrogen-bond acceptors (Lipinski definition) is 4. The molecule has 0 aliphatic rings. The summed E-state index contributed by atoms with van der Waals surface area (Å²) in [5.41, 5.74) is 1.83. The van der Waals surface area contributed by atoms with Gasteiger partial charge in [-0.05, 0) is 18.6 Å². The summed E-state index contributed by atoms with van der Waals surface area (Å²) in [7, 11) is 0. The van der Waals surface area contributed by atoms with Crippen molar-refractivity contribution in [1.82, 2.24) is 10.3 Å². The van der Waals surface area contributed by atoms with Gasteiger partial charge in [0.25, 0.3) is 5.91 Å². The van der Waals surface area contributed by atoms with Crippen LogP contribution in [0.3, 0.4) is 0 Å². The Balaban J connectivity index is 1.69. The van der Waals surface area contributed by atoms with Crippen LogP contribution in [0.15, 0.2) is 41.3 Å². The molecule has 2 rings (SSSR count). The third-order valence-corrected chi connectivity index (χ3v) is 2.64. The number of hydrogen-bond donors (Lipinski definition) is 1. The molecule has 0 saturated heterocycles. The molecule has 1 heterocycles. The predicted molar refractivity (Wildman–Crippen MR) is 69.9 cm³/mol. The molecule has 0 radical (unpaired) electrons. The largest absolute Gasteiger partial charge is 0.484 e. The van der Waals surface area contributed by atoms with Crippen LogP contribution in [-0.4, -0.2) is 24.0 Å². The van der Waals surface area contributed by atoms with E-state index in [1.807, 2.05) is 31.2 Å². The van der Waals surface area contributed by atoms with Gasteiger partial charge in [0.15, 0.2) is 13.0 Å². The van der Waals surface area contributed by atoms with E-state index in [1.165, 1.54) is 6.39 Å². The van der Waals surface area contributed by atoms with Crippen molar-refractivity contribution in [2.75, 3.05) is 13.2 Å². The summed E-state index contributed by atoms with van der Waals surface area (Å²) in [5, 5.41) is 2.77. The van der Waals surface area contributed by atoms with Crippen LogP contribution in [0.5, 0.6) is 5.75 Å². The molecule has 100 valence electrons. The quantitative estimate of drug-likeness (QED) is 0.859. The third kappa shape index (κ3) is 4.13. The van der Waals surface area contributed by atoms with Gasteiger partial charge in [-0.1, -0.05) is 18.2 Å². The van der Waals surface area contributed by atoms with Crippen LogP contribution in [0.25, 0.3) is 0 Å². The fourth-order valence-corrected chi connectivity index (χ4v) is 1.60. The molecular formula is C14H16N2O3. The average Bonchev–Trinajstić information content (AvgIpc) is 2.91. The van der Waals surface area contributed by atoms with E-state index in [0.717, 1.165) is 17.0 Å². The predicted octanol–water partition coefficient (Wildman–Crippen LogP) is 1.72. The van der Waals surface area contributed by atoms with Crippen molar-refractivity contribution in [3.63, 3.8) is 0 Å². The van der Waals surface area contributed by atoms with Crippen molar-refractivity contribution in [3.8, 4) is 5.75 Å². The standard InChI is InChI=1S/C14H16N2O3/c1-11-4-2-3-5-13(11)19-9-14(17)15-7-6-12-8-18-10-16-12/h2-5,8,10H,6-7,9H2,1H3,(H,15,17). The maximum absolute atomic E-state index is 11.6. The lowest BCUT2D eigenvalue weighted by Crippen LogP contribution is -2.30. The molecule has 1 aromatic carbocycles. The smallest absolute Gasteiger partial charge is 0.257 e. The van der Waals surface area contributed by atoms with E-state index < -0.39 is 0 Å². The summed E-state index contributed by atoms with van der Waals surface area (Å²) in [6.45, 7) is 2.48. The van der Waals surface area contributed by atoms with Crippen LogP contribution in [0.2, 0.25) is 0 Å². The number of benzene rings is 1. The van der Waals surface area contributed by atoms with Crippen molar-refractivity contribution < 1.29 is 13.9 Å². The lowest BCUT2D eigenvalue weighted by atomic mass is 10.2. The Morgan fingerprint density at radius 1 is 1.42 bits per heavy atom. The van der Waals surface area contributed by atoms with Gasteiger partial charge in [0.1, 0.15) is 12.0 Å². The van der Waals surface area contributed by atoms with Crippen LogP contribution in [0.4, 0.5) is 0 Å². The average molecular weight is 260 g/mol. The molecule has 0 aliphatic heterocycles. The number of nitrogens with zero attached hydrogens (tertiary/aromatic N) is 1. The van der Waals surface area contributed by atoms with Crippen LogP contribution < -0.4 is 10.1 Å². The van der Waals surface area contributed by atoms with Crippen molar-refractivity contribution in [1.29, 1.82) is 0 Å². The molecule has 5 nitrogen and oxygen atoms in total. The minimum Gasteiger partial charge on any atom is -0.484 e. The Bertz CT molecular complexity index is 523. The molecule has 0 saturated carbocycles. The summed E-state index contributed by atoms with van der Waals surface area (Å²) in [4.78, 5) is 15.5. The highest BCUT2D eigenvalue weighted by Gasteiger charge is 2.04. The maximum Gasteiger partial charge on any atom is 0.257 e. The Hall–Kier alpha value is -2.30. The SMILES string of the molecule is Cc1ccccc1OCC(=O)NCCc1cocn1. The number of amides is 1. The van der Waals surface area contributed by atoms with Crippen molar-refractivity contribution >= 4 is 5.91 Å². The first kappa shape index (κ1) is 13.1. The highest BCUT2D eigenvalue weighted by molar-refractivity contribution is 5.77. The third-order valence-electron chi connectivity index (χ3n) is 2.64. The molecule has 1 aromatic heterocycles. The molecule has 0 fully saturated rings. The molecule has 0 spiro atoms. The Kier molecular flexibility index (Phi) is 4.55. The summed E-state index contributed by atoms with van der Waals surface area (Å²) >= 11 is 0. The first-order valence-electron chi connectivity index (χ1n) is 6.08. The first-order chi connectivity index (χ1) is 9.25. The fourth-order valence-electron chi connectivity index (χ4n) is 1.60. The van der Waals surface area contributed by atoms with Crippen LogP contribution in [-0.2, 0) is 11.2 Å². The monoisotopic (exact) mass is 260 g/mol. The molecule has 0 atom stereocenters. The number of nitrogens with one attached hydrogen (secondary N) is 1. The molecule has 19 heavy (non-hydrogen) atoms. The van der Waals surface area contributed by atoms with Crippen molar-refractivity contribution in [2.45, 2.75) is 13.3 Å². The second kappa shape index (κ2) is 6.58. The second-order valence-corrected chi connectivity index (χ2v) is 4.13. The maximum atomic E-state index is 11.6. The van der Waals surface area contributed by atoms with Gasteiger partial charge < -0.3 is 14.5 Å². The Morgan fingerprint density at radius 2 is 2.26 bits per heavy atom. The fraction of sp³-hybridized carbons (Fsp3) is 0.286. The highest BCUT2D eigenvalue weighted by Crippen LogP contribution is 2.15. The van der Waals surface area contributed by atoms with E-state index in [2.05, 4.69) is 10.3 Å². The topological polar surface area (TPSA) is 64.4 Å². The Labute approximate surface area is 111 Å². The van der Waals surface area contributed by atoms with Gasteiger partial charge >= 0.3 is 0 Å². The van der Waals surface area contributed by atoms with Gasteiger partial charge in [-0.2, -0.15) is 0 Å². The van der Waals surface area contributed by atoms with E-state index >= 15 is 0 Å². The lowest BCUT2D eigenvalue weighted by Gasteiger charge is -2.08. The Morgan fingerprint density at radius 3 is 3.00 bits per heavy atom. The zero-order valence-electron chi connectivity index (χ0n) is 10.8. The summed E-state index contributed by atoms with van der Waals surface area (Å²) in [6, 6.07) is 7.60. The van der Waals surface area contributed by atoms with Crippen molar-refractivity contribution in [2.24, 2.45) is 0 Å². The number of aryl methyl sites for hydroxylation is 1. The van der Waals surface area contributed by atoms with Gasteiger partial charge in [0, 0.05) is 13.0 Å². The normalized spacial score (nSPS) is 10.2. The van der Waals surface area contributed by atoms with Gasteiger partial charge in [0.05, 0.1) is 5.69 Å². The summed E-state index contributed by atoms with van der Waals surface area (Å²) < 4.78 is 10.3. The van der Waals surface area contributed by atoms with Crippen LogP contribution in [0.1, 0.15) is 11.3 Å². The molecule has 0 unspecified atom stereocenters. The molecule has 0 aliphatic carbocycles. The number of para-hydroxylation sites is 1. The minimum absolute atomic E-state index is 0.0175. The number of rotatable bonds is 6. The van der Waals surface area contributed by atoms with Gasteiger partial charge in [-0.25, -0.2) is 4.98 Å². The first-order valence-corrected chi connectivity index (χ1v) is 6.08. The van der Waals surface area contributed by atoms with Gasteiger partial charge in [0.2, 0.25) is 0 Å². The number of ether oxygens (including phenoxy) is 1. The number of carbonyl (C=O) groups is 1. The van der Waals surface area contributed by atoms with E-state index in [-0.39, 0.29) is 12.5 Å². The van der Waals surface area contributed by atoms with Crippen LogP contribution >= 0.6 is 0 Å². The van der Waals surface area contributed by atoms with E-state index in [1.54, 1.807) is 6.26 Å². The van der Waals surface area contributed by atoms with E-state index in [9.17, 15) is 4.79 Å². The lowest BCUT2D eigenvalue weighted by molar-refractivity contribution is -0.123. The minimum atomic E-state index is -0.147. The molecule has 0 bridgehead atoms. The van der Waals surface area contributed by atoms with Gasteiger partial charge in [-0.15, -0.1) is 0 Å². The molecule has 1 N–H and O–H groups in total. The molecular weight excluding hydrogens is 244 g/mol. The molecule has 5 heteroatoms. The van der Waals surface area contributed by atoms with E-state index in [4.69, 9.17) is 9.15 Å². The molecule has 2 aromatic rings. The van der Waals surface area contributed by atoms with E-state index in [0.29, 0.717) is 13.0 Å². The highest BCUT2D eigenvalue weighted by atomic mass is 16.5. The summed E-state index contributed by atoms with van der Waals surface area (Å²) in [5.74, 6) is 0.584. The van der Waals surface area contributed by atoms with Crippen molar-refractivity contribution in [3.05, 3.63) is 48.2 Å². The van der Waals surface area contributed by atoms with Gasteiger partial charge in [-0.3, -0.25) is 4.79 Å². The molecule has 1 amide bonds. The zero-order valence-corrected chi connectivity index (χ0v) is 10.8. The van der Waals surface area contributed by atoms with Crippen LogP contribution in [0, 0.1) is 6.92 Å². The zero-order chi connectivity index (χ0) is 13.5. The number of carbonyl (C=O) groups excluding carboxylic acids is 1.